The molecule has 0 atom stereocenters. The number of carbonyl (C=O) groups excluding carboxylic acids is 1. The summed E-state index contributed by atoms with van der Waals surface area (Å²) in [6.07, 6.45) is 1.57. The molecule has 0 saturated carbocycles. The second-order valence-electron chi connectivity index (χ2n) is 8.24. The van der Waals surface area contributed by atoms with Crippen molar-refractivity contribution in [2.45, 2.75) is 18.0 Å². The molecule has 4 aromatic rings. The molecule has 4 rings (SSSR count). The van der Waals surface area contributed by atoms with Crippen LogP contribution in [0.2, 0.25) is 0 Å². The fraction of sp³-hybridized carbons (Fsp3) is 0.103. The van der Waals surface area contributed by atoms with Crippen LogP contribution in [-0.2, 0) is 23.1 Å². The van der Waals surface area contributed by atoms with Crippen LogP contribution in [-0.4, -0.2) is 32.0 Å². The van der Waals surface area contributed by atoms with Gasteiger partial charge in [-0.2, -0.15) is 9.41 Å². The maximum atomic E-state index is 13.6. The van der Waals surface area contributed by atoms with E-state index in [2.05, 4.69) is 10.5 Å². The summed E-state index contributed by atoms with van der Waals surface area (Å²) in [4.78, 5) is 12.6. The highest BCUT2D eigenvalue weighted by Crippen LogP contribution is 2.23. The number of amides is 1. The summed E-state index contributed by atoms with van der Waals surface area (Å²) in [6.45, 7) is 0.336. The summed E-state index contributed by atoms with van der Waals surface area (Å²) in [6, 6.07) is 32.0. The van der Waals surface area contributed by atoms with Crippen LogP contribution in [0.4, 0.5) is 0 Å². The first-order valence-corrected chi connectivity index (χ1v) is 13.1. The molecule has 0 radical (unpaired) electrons. The molecule has 0 unspecified atom stereocenters. The number of sulfonamides is 1. The molecule has 7 nitrogen and oxygen atoms in total. The summed E-state index contributed by atoms with van der Waals surface area (Å²) in [7, 11) is -2.28. The number of methoxy groups -OCH3 is 1. The predicted octanol–water partition coefficient (Wildman–Crippen LogP) is 4.85. The van der Waals surface area contributed by atoms with Crippen molar-refractivity contribution in [1.29, 1.82) is 0 Å². The van der Waals surface area contributed by atoms with E-state index in [9.17, 15) is 13.2 Å². The Bertz CT molecular complexity index is 1440. The number of nitrogens with zero attached hydrogens (tertiary/aromatic N) is 2. The quantitative estimate of drug-likeness (QED) is 0.243. The van der Waals surface area contributed by atoms with Gasteiger partial charge in [-0.3, -0.25) is 4.79 Å². The number of rotatable bonds is 10. The van der Waals surface area contributed by atoms with E-state index < -0.39 is 10.0 Å². The van der Waals surface area contributed by atoms with Gasteiger partial charge in [0.1, 0.15) is 5.75 Å². The van der Waals surface area contributed by atoms with E-state index in [0.717, 1.165) is 16.7 Å². The standard InChI is InChI=1S/C29H27N3O4S/c1-36-27-16-18-28(19-17-27)37(34,35)32(21-24-10-6-3-7-11-24)22-25-12-14-26(15-13-25)29(33)31-30-20-23-8-4-2-5-9-23/h2-20H,21-22H2,1H3,(H,31,33)/b30-20-. The molecule has 0 spiro atoms. The Hall–Kier alpha value is -4.27. The first-order valence-electron chi connectivity index (χ1n) is 11.6. The van der Waals surface area contributed by atoms with Gasteiger partial charge in [-0.15, -0.1) is 0 Å². The Morgan fingerprint density at radius 1 is 0.811 bits per heavy atom. The molecule has 1 amide bonds. The van der Waals surface area contributed by atoms with Gasteiger partial charge < -0.3 is 4.74 Å². The van der Waals surface area contributed by atoms with Crippen LogP contribution in [0.3, 0.4) is 0 Å². The van der Waals surface area contributed by atoms with E-state index in [4.69, 9.17) is 4.74 Å². The Kier molecular flexibility index (Phi) is 8.45. The number of ether oxygens (including phenoxy) is 1. The maximum Gasteiger partial charge on any atom is 0.271 e. The minimum atomic E-state index is -3.81. The third kappa shape index (κ3) is 6.91. The highest BCUT2D eigenvalue weighted by atomic mass is 32.2. The fourth-order valence-electron chi connectivity index (χ4n) is 3.64. The molecule has 0 bridgehead atoms. The van der Waals surface area contributed by atoms with Crippen molar-refractivity contribution in [3.8, 4) is 5.75 Å². The van der Waals surface area contributed by atoms with Gasteiger partial charge in [-0.05, 0) is 53.1 Å². The van der Waals surface area contributed by atoms with Crippen molar-refractivity contribution in [3.63, 3.8) is 0 Å². The molecule has 0 aliphatic carbocycles. The van der Waals surface area contributed by atoms with Crippen LogP contribution in [0.1, 0.15) is 27.0 Å². The van der Waals surface area contributed by atoms with Crippen molar-refractivity contribution in [3.05, 3.63) is 131 Å². The maximum absolute atomic E-state index is 13.6. The highest BCUT2D eigenvalue weighted by molar-refractivity contribution is 7.89. The lowest BCUT2D eigenvalue weighted by molar-refractivity contribution is 0.0955. The monoisotopic (exact) mass is 513 g/mol. The molecular weight excluding hydrogens is 486 g/mol. The summed E-state index contributed by atoms with van der Waals surface area (Å²) < 4.78 is 33.7. The van der Waals surface area contributed by atoms with E-state index in [0.29, 0.717) is 11.3 Å². The molecule has 0 fully saturated rings. The molecule has 0 aliphatic rings. The number of carbonyl (C=O) groups is 1. The van der Waals surface area contributed by atoms with E-state index in [1.807, 2.05) is 60.7 Å². The molecule has 1 N–H and O–H groups in total. The van der Waals surface area contributed by atoms with Crippen molar-refractivity contribution in [2.75, 3.05) is 7.11 Å². The third-order valence-electron chi connectivity index (χ3n) is 5.65. The molecular formula is C29H27N3O4S. The van der Waals surface area contributed by atoms with Crippen LogP contribution in [0, 0.1) is 0 Å². The molecule has 4 aromatic carbocycles. The number of hydrazone groups is 1. The Morgan fingerprint density at radius 2 is 1.38 bits per heavy atom. The summed E-state index contributed by atoms with van der Waals surface area (Å²) in [5.74, 6) is 0.223. The van der Waals surface area contributed by atoms with Gasteiger partial charge in [-0.1, -0.05) is 72.8 Å². The van der Waals surface area contributed by atoms with Gasteiger partial charge in [0.25, 0.3) is 5.91 Å². The smallest absolute Gasteiger partial charge is 0.271 e. The average molecular weight is 514 g/mol. The van der Waals surface area contributed by atoms with Crippen molar-refractivity contribution in [1.82, 2.24) is 9.73 Å². The van der Waals surface area contributed by atoms with Crippen molar-refractivity contribution in [2.24, 2.45) is 5.10 Å². The molecule has 37 heavy (non-hydrogen) atoms. The zero-order valence-electron chi connectivity index (χ0n) is 20.3. The average Bonchev–Trinajstić information content (AvgIpc) is 2.94. The van der Waals surface area contributed by atoms with Crippen molar-refractivity contribution < 1.29 is 17.9 Å². The lowest BCUT2D eigenvalue weighted by Crippen LogP contribution is -2.30. The molecule has 0 aromatic heterocycles. The number of hydrogen-bond donors (Lipinski definition) is 1. The van der Waals surface area contributed by atoms with Gasteiger partial charge in [0.15, 0.2) is 0 Å². The highest BCUT2D eigenvalue weighted by Gasteiger charge is 2.25. The van der Waals surface area contributed by atoms with Gasteiger partial charge in [0, 0.05) is 18.7 Å². The van der Waals surface area contributed by atoms with Crippen LogP contribution in [0.5, 0.6) is 5.75 Å². The van der Waals surface area contributed by atoms with Gasteiger partial charge in [0.05, 0.1) is 18.2 Å². The molecule has 0 saturated heterocycles. The van der Waals surface area contributed by atoms with Crippen LogP contribution < -0.4 is 10.2 Å². The summed E-state index contributed by atoms with van der Waals surface area (Å²) in [5.41, 5.74) is 5.41. The van der Waals surface area contributed by atoms with E-state index >= 15 is 0 Å². The Balaban J connectivity index is 1.50. The normalized spacial score (nSPS) is 11.5. The molecule has 188 valence electrons. The topological polar surface area (TPSA) is 88.1 Å². The number of nitrogens with one attached hydrogen (secondary N) is 1. The van der Waals surface area contributed by atoms with Crippen LogP contribution in [0.15, 0.2) is 119 Å². The van der Waals surface area contributed by atoms with E-state index in [1.54, 1.807) is 42.6 Å². The lowest BCUT2D eigenvalue weighted by atomic mass is 10.1. The Labute approximate surface area is 217 Å². The van der Waals surface area contributed by atoms with Gasteiger partial charge >= 0.3 is 0 Å². The van der Waals surface area contributed by atoms with Crippen LogP contribution >= 0.6 is 0 Å². The first-order chi connectivity index (χ1) is 18.0. The minimum absolute atomic E-state index is 0.136. The minimum Gasteiger partial charge on any atom is -0.497 e. The number of hydrogen-bond acceptors (Lipinski definition) is 5. The second-order valence-corrected chi connectivity index (χ2v) is 10.2. The third-order valence-corrected chi connectivity index (χ3v) is 7.46. The molecule has 8 heteroatoms. The summed E-state index contributed by atoms with van der Waals surface area (Å²) >= 11 is 0. The van der Waals surface area contributed by atoms with Crippen molar-refractivity contribution >= 4 is 22.1 Å². The number of benzene rings is 4. The summed E-state index contributed by atoms with van der Waals surface area (Å²) in [5, 5.41) is 3.99. The predicted molar refractivity (Wildman–Crippen MR) is 144 cm³/mol. The molecule has 0 aliphatic heterocycles. The first kappa shape index (κ1) is 25.8. The zero-order valence-corrected chi connectivity index (χ0v) is 21.1. The van der Waals surface area contributed by atoms with E-state index in [1.165, 1.54) is 23.5 Å². The van der Waals surface area contributed by atoms with Gasteiger partial charge in [0.2, 0.25) is 10.0 Å². The fourth-order valence-corrected chi connectivity index (χ4v) is 5.06. The SMILES string of the molecule is COc1ccc(S(=O)(=O)N(Cc2ccccc2)Cc2ccc(C(=O)N/N=C\c3ccccc3)cc2)cc1. The largest absolute Gasteiger partial charge is 0.497 e. The molecule has 0 heterocycles. The van der Waals surface area contributed by atoms with E-state index in [-0.39, 0.29) is 23.9 Å². The van der Waals surface area contributed by atoms with Crippen LogP contribution in [0.25, 0.3) is 0 Å². The second kappa shape index (κ2) is 12.1. The zero-order chi connectivity index (χ0) is 26.1. The lowest BCUT2D eigenvalue weighted by Gasteiger charge is -2.23. The van der Waals surface area contributed by atoms with Gasteiger partial charge in [-0.25, -0.2) is 13.8 Å². The Morgan fingerprint density at radius 3 is 1.97 bits per heavy atom.